The van der Waals surface area contributed by atoms with Crippen molar-refractivity contribution in [3.05, 3.63) is 0 Å². The topological polar surface area (TPSA) is 66.8 Å². The summed E-state index contributed by atoms with van der Waals surface area (Å²) in [6.45, 7) is 0.842. The van der Waals surface area contributed by atoms with Gasteiger partial charge in [-0.05, 0) is 19.3 Å². The highest BCUT2D eigenvalue weighted by Crippen LogP contribution is 2.30. The van der Waals surface area contributed by atoms with E-state index in [0.717, 1.165) is 42.4 Å². The number of nitrogens with zero attached hydrogens (tertiary/aromatic N) is 2. The van der Waals surface area contributed by atoms with Crippen LogP contribution in [0.4, 0.5) is 0 Å². The lowest BCUT2D eigenvalue weighted by Gasteiger charge is -2.38. The molecule has 0 bridgehead atoms. The molecule has 1 saturated carbocycles. The quantitative estimate of drug-likeness (QED) is 0.752. The van der Waals surface area contributed by atoms with E-state index in [-0.39, 0.29) is 29.5 Å². The van der Waals surface area contributed by atoms with Crippen LogP contribution >= 0.6 is 23.5 Å². The van der Waals surface area contributed by atoms with Gasteiger partial charge < -0.3 is 4.90 Å². The second-order valence-corrected chi connectivity index (χ2v) is 11.0. The molecule has 0 unspecified atom stereocenters. The Labute approximate surface area is 147 Å². The van der Waals surface area contributed by atoms with Gasteiger partial charge in [0.2, 0.25) is 5.91 Å². The molecule has 1 amide bonds. The summed E-state index contributed by atoms with van der Waals surface area (Å²) in [5.74, 6) is 1.86. The molecule has 1 atom stereocenters. The van der Waals surface area contributed by atoms with E-state index >= 15 is 0 Å². The molecule has 0 aromatic carbocycles. The van der Waals surface area contributed by atoms with E-state index in [0.29, 0.717) is 12.2 Å². The van der Waals surface area contributed by atoms with Gasteiger partial charge in [0, 0.05) is 17.8 Å². The van der Waals surface area contributed by atoms with Crippen LogP contribution in [0.25, 0.3) is 0 Å². The van der Waals surface area contributed by atoms with Crippen LogP contribution in [0.1, 0.15) is 38.5 Å². The molecule has 2 fully saturated rings. The molecule has 130 valence electrons. The summed E-state index contributed by atoms with van der Waals surface area (Å²) in [6, 6.07) is 0.114. The van der Waals surface area contributed by atoms with Crippen LogP contribution in [0.5, 0.6) is 0 Å². The maximum absolute atomic E-state index is 12.8. The number of rotatable bonds is 4. The first-order valence-corrected chi connectivity index (χ1v) is 12.2. The number of sulfone groups is 1. The Morgan fingerprint density at radius 1 is 1.22 bits per heavy atom. The fourth-order valence-electron chi connectivity index (χ4n) is 3.66. The number of carbonyl (C=O) groups excluding carboxylic acids is 1. The van der Waals surface area contributed by atoms with Crippen molar-refractivity contribution in [2.24, 2.45) is 4.99 Å². The highest BCUT2D eigenvalue weighted by atomic mass is 32.2. The van der Waals surface area contributed by atoms with Crippen molar-refractivity contribution in [2.45, 2.75) is 50.6 Å². The van der Waals surface area contributed by atoms with Gasteiger partial charge in [-0.15, -0.1) is 0 Å². The molecule has 23 heavy (non-hydrogen) atoms. The van der Waals surface area contributed by atoms with Crippen LogP contribution < -0.4 is 0 Å². The zero-order valence-electron chi connectivity index (χ0n) is 13.3. The standard InChI is InChI=1S/C15H24N2O3S3/c18-14(10-22-15-16-7-8-21-15)17(12-4-2-1-3-5-12)13-6-9-23(19,20)11-13/h12-13H,1-11H2/t13-/m1/s1. The van der Waals surface area contributed by atoms with Crippen molar-refractivity contribution in [3.8, 4) is 0 Å². The van der Waals surface area contributed by atoms with Crippen molar-refractivity contribution < 1.29 is 13.2 Å². The van der Waals surface area contributed by atoms with E-state index in [1.165, 1.54) is 18.2 Å². The zero-order chi connectivity index (χ0) is 16.3. The summed E-state index contributed by atoms with van der Waals surface area (Å²) >= 11 is 3.23. The van der Waals surface area contributed by atoms with Crippen LogP contribution in [0, 0.1) is 0 Å². The monoisotopic (exact) mass is 376 g/mol. The molecule has 2 aliphatic heterocycles. The highest BCUT2D eigenvalue weighted by molar-refractivity contribution is 8.39. The van der Waals surface area contributed by atoms with E-state index in [2.05, 4.69) is 4.99 Å². The van der Waals surface area contributed by atoms with Crippen LogP contribution in [-0.2, 0) is 14.6 Å². The first-order chi connectivity index (χ1) is 11.1. The van der Waals surface area contributed by atoms with Gasteiger partial charge in [-0.3, -0.25) is 9.79 Å². The van der Waals surface area contributed by atoms with Crippen LogP contribution in [-0.4, -0.2) is 65.2 Å². The fourth-order valence-corrected chi connectivity index (χ4v) is 7.25. The summed E-state index contributed by atoms with van der Waals surface area (Å²) < 4.78 is 24.7. The van der Waals surface area contributed by atoms with Gasteiger partial charge in [0.25, 0.3) is 0 Å². The van der Waals surface area contributed by atoms with Crippen LogP contribution in [0.2, 0.25) is 0 Å². The second-order valence-electron chi connectivity index (χ2n) is 6.43. The van der Waals surface area contributed by atoms with Gasteiger partial charge in [0.05, 0.1) is 23.8 Å². The normalized spacial score (nSPS) is 27.8. The van der Waals surface area contributed by atoms with Crippen molar-refractivity contribution in [1.82, 2.24) is 4.90 Å². The molecule has 0 aromatic heterocycles. The third-order valence-electron chi connectivity index (χ3n) is 4.73. The summed E-state index contributed by atoms with van der Waals surface area (Å²) in [5.41, 5.74) is 0. The lowest BCUT2D eigenvalue weighted by molar-refractivity contribution is -0.133. The van der Waals surface area contributed by atoms with Crippen LogP contribution in [0.3, 0.4) is 0 Å². The number of thioether (sulfide) groups is 2. The third-order valence-corrected chi connectivity index (χ3v) is 8.72. The number of hydrogen-bond donors (Lipinski definition) is 0. The van der Waals surface area contributed by atoms with E-state index in [1.54, 1.807) is 11.8 Å². The van der Waals surface area contributed by atoms with E-state index < -0.39 is 9.84 Å². The van der Waals surface area contributed by atoms with Crippen LogP contribution in [0.15, 0.2) is 4.99 Å². The van der Waals surface area contributed by atoms with Gasteiger partial charge in [-0.2, -0.15) is 0 Å². The molecule has 1 saturated heterocycles. The molecule has 8 heteroatoms. The summed E-state index contributed by atoms with van der Waals surface area (Å²) in [6.07, 6.45) is 6.15. The largest absolute Gasteiger partial charge is 0.335 e. The Morgan fingerprint density at radius 3 is 2.61 bits per heavy atom. The van der Waals surface area contributed by atoms with Crippen molar-refractivity contribution in [1.29, 1.82) is 0 Å². The van der Waals surface area contributed by atoms with Crippen molar-refractivity contribution >= 4 is 43.6 Å². The summed E-state index contributed by atoms with van der Waals surface area (Å²) in [7, 11) is -2.97. The molecule has 0 aromatic rings. The summed E-state index contributed by atoms with van der Waals surface area (Å²) in [4.78, 5) is 19.2. The maximum atomic E-state index is 12.8. The number of aliphatic imine (C=N–C) groups is 1. The molecule has 0 N–H and O–H groups in total. The van der Waals surface area contributed by atoms with Crippen molar-refractivity contribution in [3.63, 3.8) is 0 Å². The molecule has 3 aliphatic rings. The molecule has 3 rings (SSSR count). The average molecular weight is 377 g/mol. The number of carbonyl (C=O) groups is 1. The van der Waals surface area contributed by atoms with Gasteiger partial charge in [-0.25, -0.2) is 8.42 Å². The predicted molar refractivity (Wildman–Crippen MR) is 98.0 cm³/mol. The SMILES string of the molecule is O=C(CSC1=NCCS1)N(C1CCCCC1)[C@@H]1CCS(=O)(=O)C1. The zero-order valence-corrected chi connectivity index (χ0v) is 15.7. The van der Waals surface area contributed by atoms with Crippen molar-refractivity contribution in [2.75, 3.05) is 29.6 Å². The number of amides is 1. The Balaban J connectivity index is 1.67. The molecule has 2 heterocycles. The predicted octanol–water partition coefficient (Wildman–Crippen LogP) is 2.17. The Hall–Kier alpha value is -0.210. The molecule has 0 radical (unpaired) electrons. The van der Waals surface area contributed by atoms with E-state index in [1.807, 2.05) is 4.90 Å². The highest BCUT2D eigenvalue weighted by Gasteiger charge is 2.38. The molecule has 1 aliphatic carbocycles. The maximum Gasteiger partial charge on any atom is 0.233 e. The minimum absolute atomic E-state index is 0.0965. The third kappa shape index (κ3) is 4.66. The molecule has 5 nitrogen and oxygen atoms in total. The molecular formula is C15H24N2O3S3. The Morgan fingerprint density at radius 2 is 2.00 bits per heavy atom. The fraction of sp³-hybridized carbons (Fsp3) is 0.867. The Bertz CT molecular complexity index is 571. The van der Waals surface area contributed by atoms with Gasteiger partial charge in [-0.1, -0.05) is 42.8 Å². The van der Waals surface area contributed by atoms with Gasteiger partial charge in [0.1, 0.15) is 4.38 Å². The lowest BCUT2D eigenvalue weighted by Crippen LogP contribution is -2.49. The first kappa shape index (κ1) is 17.6. The first-order valence-electron chi connectivity index (χ1n) is 8.37. The number of hydrogen-bond acceptors (Lipinski definition) is 6. The smallest absolute Gasteiger partial charge is 0.233 e. The summed E-state index contributed by atoms with van der Waals surface area (Å²) in [5, 5.41) is 0. The minimum Gasteiger partial charge on any atom is -0.335 e. The molecular weight excluding hydrogens is 352 g/mol. The second kappa shape index (κ2) is 7.78. The minimum atomic E-state index is -2.97. The molecule has 0 spiro atoms. The van der Waals surface area contributed by atoms with E-state index in [9.17, 15) is 13.2 Å². The van der Waals surface area contributed by atoms with Gasteiger partial charge >= 0.3 is 0 Å². The average Bonchev–Trinajstić information content (AvgIpc) is 3.16. The van der Waals surface area contributed by atoms with Gasteiger partial charge in [0.15, 0.2) is 9.84 Å². The Kier molecular flexibility index (Phi) is 5.96. The van der Waals surface area contributed by atoms with E-state index in [4.69, 9.17) is 0 Å². The lowest BCUT2D eigenvalue weighted by atomic mass is 9.93.